The van der Waals surface area contributed by atoms with Gasteiger partial charge in [0.25, 0.3) is 5.91 Å². The Kier molecular flexibility index (Phi) is 5.85. The van der Waals surface area contributed by atoms with Crippen LogP contribution in [0, 0.1) is 0 Å². The van der Waals surface area contributed by atoms with E-state index in [0.717, 1.165) is 16.1 Å². The summed E-state index contributed by atoms with van der Waals surface area (Å²) in [6.07, 6.45) is 2.44. The Balaban J connectivity index is 1.50. The van der Waals surface area contributed by atoms with Gasteiger partial charge < -0.3 is 5.11 Å². The third-order valence-electron chi connectivity index (χ3n) is 5.71. The lowest BCUT2D eigenvalue weighted by Crippen LogP contribution is -2.22. The number of thiazole rings is 2. The van der Waals surface area contributed by atoms with Crippen molar-refractivity contribution in [1.29, 1.82) is 0 Å². The summed E-state index contributed by atoms with van der Waals surface area (Å²) in [5.41, 5.74) is 2.11. The molecule has 0 radical (unpaired) electrons. The van der Waals surface area contributed by atoms with Crippen LogP contribution in [0.4, 0.5) is 5.13 Å². The molecular weight excluding hydrogens is 512 g/mol. The number of aromatic hydroxyl groups is 1. The molecule has 0 unspecified atom stereocenters. The Labute approximate surface area is 218 Å². The fraction of sp³-hybridized carbons (Fsp3) is 0.0370. The van der Waals surface area contributed by atoms with Crippen LogP contribution >= 0.6 is 34.3 Å². The molecule has 36 heavy (non-hydrogen) atoms. The Morgan fingerprint density at radius 3 is 2.53 bits per heavy atom. The number of hydrogen-bond acceptors (Lipinski definition) is 6. The molecule has 1 aliphatic rings. The third-order valence-corrected chi connectivity index (χ3v) is 8.01. The van der Waals surface area contributed by atoms with E-state index < -0.39 is 0 Å². The van der Waals surface area contributed by atoms with E-state index in [1.807, 2.05) is 72.8 Å². The van der Waals surface area contributed by atoms with E-state index in [9.17, 15) is 9.90 Å². The van der Waals surface area contributed by atoms with Crippen molar-refractivity contribution in [3.63, 3.8) is 0 Å². The number of carbonyl (C=O) groups is 1. The van der Waals surface area contributed by atoms with Gasteiger partial charge in [-0.1, -0.05) is 88.9 Å². The van der Waals surface area contributed by atoms with Crippen molar-refractivity contribution in [2.24, 2.45) is 9.98 Å². The minimum absolute atomic E-state index is 0.0620. The van der Waals surface area contributed by atoms with Crippen LogP contribution in [0.25, 0.3) is 11.3 Å². The van der Waals surface area contributed by atoms with Gasteiger partial charge in [0, 0.05) is 27.7 Å². The van der Waals surface area contributed by atoms with Crippen LogP contribution in [0.2, 0.25) is 5.02 Å². The van der Waals surface area contributed by atoms with Crippen LogP contribution in [-0.4, -0.2) is 20.6 Å². The minimum Gasteiger partial charge on any atom is -0.493 e. The molecule has 0 saturated heterocycles. The van der Waals surface area contributed by atoms with Crippen LogP contribution in [0.1, 0.15) is 15.3 Å². The summed E-state index contributed by atoms with van der Waals surface area (Å²) in [5.74, 6) is -0.441. The number of halogens is 1. The molecule has 0 spiro atoms. The van der Waals surface area contributed by atoms with Crippen LogP contribution in [0.3, 0.4) is 0 Å². The summed E-state index contributed by atoms with van der Waals surface area (Å²) >= 11 is 9.01. The van der Waals surface area contributed by atoms with Crippen LogP contribution in [0.5, 0.6) is 5.88 Å². The summed E-state index contributed by atoms with van der Waals surface area (Å²) in [4.78, 5) is 28.2. The summed E-state index contributed by atoms with van der Waals surface area (Å²) in [6.45, 7) is 0. The molecule has 3 heterocycles. The maximum absolute atomic E-state index is 12.8. The van der Waals surface area contributed by atoms with Crippen LogP contribution < -0.4 is 15.4 Å². The molecule has 1 N–H and O–H groups in total. The Hall–Kier alpha value is -3.85. The van der Waals surface area contributed by atoms with Gasteiger partial charge in [0.05, 0.1) is 16.6 Å². The molecular formula is C27H17ClN4O2S2. The van der Waals surface area contributed by atoms with E-state index in [1.165, 1.54) is 22.7 Å². The van der Waals surface area contributed by atoms with Crippen molar-refractivity contribution < 1.29 is 9.90 Å². The van der Waals surface area contributed by atoms with E-state index in [0.29, 0.717) is 42.4 Å². The first kappa shape index (κ1) is 22.6. The lowest BCUT2D eigenvalue weighted by Gasteiger charge is -2.05. The zero-order valence-electron chi connectivity index (χ0n) is 18.6. The zero-order valence-corrected chi connectivity index (χ0v) is 21.0. The molecule has 1 amide bonds. The first-order valence-electron chi connectivity index (χ1n) is 11.0. The monoisotopic (exact) mass is 528 g/mol. The Morgan fingerprint density at radius 1 is 0.944 bits per heavy atom. The maximum atomic E-state index is 12.8. The van der Waals surface area contributed by atoms with Gasteiger partial charge in [-0.2, -0.15) is 4.99 Å². The number of nitrogens with zero attached hydrogens (tertiary/aromatic N) is 4. The Morgan fingerprint density at radius 2 is 1.69 bits per heavy atom. The van der Waals surface area contributed by atoms with Crippen LogP contribution in [-0.2, 0) is 11.2 Å². The van der Waals surface area contributed by atoms with Crippen molar-refractivity contribution in [2.45, 2.75) is 6.42 Å². The van der Waals surface area contributed by atoms with E-state index in [4.69, 9.17) is 16.6 Å². The first-order chi connectivity index (χ1) is 17.6. The lowest BCUT2D eigenvalue weighted by atomic mass is 10.1. The topological polar surface area (TPSA) is 79.8 Å². The highest BCUT2D eigenvalue weighted by atomic mass is 35.5. The molecule has 0 saturated carbocycles. The van der Waals surface area contributed by atoms with Gasteiger partial charge in [-0.15, -0.1) is 0 Å². The molecule has 0 fully saturated rings. The molecule has 0 bridgehead atoms. The second-order valence-corrected chi connectivity index (χ2v) is 10.5. The molecule has 0 aliphatic carbocycles. The highest BCUT2D eigenvalue weighted by molar-refractivity contribution is 7.15. The van der Waals surface area contributed by atoms with E-state index in [1.54, 1.807) is 16.8 Å². The second-order valence-electron chi connectivity index (χ2n) is 8.01. The molecule has 1 aliphatic heterocycles. The highest BCUT2D eigenvalue weighted by Gasteiger charge is 2.26. The molecule has 5 aromatic rings. The molecule has 6 nitrogen and oxygen atoms in total. The van der Waals surface area contributed by atoms with Gasteiger partial charge in [0.2, 0.25) is 11.0 Å². The first-order valence-corrected chi connectivity index (χ1v) is 13.1. The van der Waals surface area contributed by atoms with Crippen molar-refractivity contribution in [2.75, 3.05) is 0 Å². The molecule has 0 atom stereocenters. The maximum Gasteiger partial charge on any atom is 0.279 e. The fourth-order valence-corrected chi connectivity index (χ4v) is 6.19. The van der Waals surface area contributed by atoms with E-state index >= 15 is 0 Å². The summed E-state index contributed by atoms with van der Waals surface area (Å²) in [7, 11) is 0. The molecule has 3 aromatic carbocycles. The van der Waals surface area contributed by atoms with Crippen molar-refractivity contribution >= 4 is 50.9 Å². The smallest absolute Gasteiger partial charge is 0.279 e. The van der Waals surface area contributed by atoms with Gasteiger partial charge in [0.15, 0.2) is 4.80 Å². The summed E-state index contributed by atoms with van der Waals surface area (Å²) in [5, 5.41) is 13.9. The number of amides is 1. The number of benzene rings is 3. The van der Waals surface area contributed by atoms with Crippen molar-refractivity contribution in [3.8, 4) is 11.6 Å². The van der Waals surface area contributed by atoms with Gasteiger partial charge >= 0.3 is 0 Å². The fourth-order valence-electron chi connectivity index (χ4n) is 4.04. The number of aromatic nitrogens is 2. The molecule has 9 heteroatoms. The molecule has 2 aromatic heterocycles. The van der Waals surface area contributed by atoms with Gasteiger partial charge in [-0.3, -0.25) is 9.36 Å². The van der Waals surface area contributed by atoms with Crippen LogP contribution in [0.15, 0.2) is 95.0 Å². The zero-order chi connectivity index (χ0) is 24.6. The average Bonchev–Trinajstić information content (AvgIpc) is 3.56. The number of para-hydroxylation sites is 2. The normalized spacial score (nSPS) is 13.2. The number of carbonyl (C=O) groups excluding carboxylic acids is 1. The Bertz CT molecular complexity index is 1820. The number of rotatable bonds is 5. The lowest BCUT2D eigenvalue weighted by molar-refractivity contribution is -0.112. The standard InChI is InChI=1S/C27H17ClN4O2S2/c28-20-12-6-4-8-16(20)14-18-15-29-26(35-18)31-27-32(17-9-2-1-3-10-17)25(34)23(36-27)22-19-11-5-7-13-21(19)30-24(22)33/h1-13,15,34H,14H2/b31-27+. The van der Waals surface area contributed by atoms with E-state index in [-0.39, 0.29) is 11.8 Å². The highest BCUT2D eigenvalue weighted by Crippen LogP contribution is 2.32. The van der Waals surface area contributed by atoms with Crippen molar-refractivity contribution in [3.05, 3.63) is 121 Å². The molecule has 176 valence electrons. The van der Waals surface area contributed by atoms with Crippen molar-refractivity contribution in [1.82, 2.24) is 9.55 Å². The predicted molar refractivity (Wildman–Crippen MR) is 142 cm³/mol. The minimum atomic E-state index is -0.379. The average molecular weight is 529 g/mol. The SMILES string of the molecule is O=C1N=c2ccccc2=C1c1s/c(=N/c2ncc(Cc3ccccc3Cl)s2)n(-c2ccccc2)c1O. The van der Waals surface area contributed by atoms with Gasteiger partial charge in [0.1, 0.15) is 4.88 Å². The largest absolute Gasteiger partial charge is 0.493 e. The molecule has 6 rings (SSSR count). The van der Waals surface area contributed by atoms with E-state index in [2.05, 4.69) is 9.98 Å². The van der Waals surface area contributed by atoms with Gasteiger partial charge in [-0.25, -0.2) is 9.98 Å². The second kappa shape index (κ2) is 9.31. The summed E-state index contributed by atoms with van der Waals surface area (Å²) in [6, 6.07) is 24.4. The quantitative estimate of drug-likeness (QED) is 0.364. The van der Waals surface area contributed by atoms with Gasteiger partial charge in [-0.05, 0) is 29.8 Å². The summed E-state index contributed by atoms with van der Waals surface area (Å²) < 4.78 is 1.64. The third kappa shape index (κ3) is 4.09. The predicted octanol–water partition coefficient (Wildman–Crippen LogP) is 4.54. The number of fused-ring (bicyclic) bond motifs is 1. The number of hydrogen-bond donors (Lipinski definition) is 1.